The van der Waals surface area contributed by atoms with Crippen molar-refractivity contribution in [3.8, 4) is 0 Å². The molecule has 0 bridgehead atoms. The minimum atomic E-state index is 0.347. The van der Waals surface area contributed by atoms with Gasteiger partial charge in [-0.05, 0) is 42.2 Å². The monoisotopic (exact) mass is 276 g/mol. The van der Waals surface area contributed by atoms with E-state index in [2.05, 4.69) is 51.3 Å². The van der Waals surface area contributed by atoms with Crippen LogP contribution in [0.2, 0.25) is 0 Å². The molecule has 0 saturated carbocycles. The molecule has 0 aliphatic heterocycles. The van der Waals surface area contributed by atoms with Crippen LogP contribution in [0.15, 0.2) is 23.2 Å². The topological polar surface area (TPSA) is 49.8 Å². The fraction of sp³-hybridized carbons (Fsp3) is 0.429. The van der Waals surface area contributed by atoms with Crippen LogP contribution in [-0.2, 0) is 12.8 Å². The summed E-state index contributed by atoms with van der Waals surface area (Å²) in [7, 11) is 1.89. The first-order valence-corrected chi connectivity index (χ1v) is 7.48. The first-order chi connectivity index (χ1) is 9.24. The van der Waals surface area contributed by atoms with Gasteiger partial charge in [-0.1, -0.05) is 6.92 Å². The van der Waals surface area contributed by atoms with Gasteiger partial charge in [-0.2, -0.15) is 11.3 Å². The third kappa shape index (κ3) is 3.44. The van der Waals surface area contributed by atoms with Crippen molar-refractivity contribution in [2.24, 2.45) is 0 Å². The third-order valence-electron chi connectivity index (χ3n) is 3.04. The van der Waals surface area contributed by atoms with Crippen molar-refractivity contribution in [1.29, 1.82) is 0 Å². The Kier molecular flexibility index (Phi) is 4.74. The molecule has 5 heteroatoms. The van der Waals surface area contributed by atoms with Gasteiger partial charge >= 0.3 is 0 Å². The van der Waals surface area contributed by atoms with E-state index in [1.165, 1.54) is 5.56 Å². The zero-order valence-corrected chi connectivity index (χ0v) is 12.4. The van der Waals surface area contributed by atoms with Crippen molar-refractivity contribution >= 4 is 23.0 Å². The number of nitrogens with one attached hydrogen (secondary N) is 2. The molecule has 0 aromatic carbocycles. The smallest absolute Gasteiger partial charge is 0.134 e. The zero-order valence-electron chi connectivity index (χ0n) is 11.6. The highest BCUT2D eigenvalue weighted by molar-refractivity contribution is 7.07. The average molecular weight is 276 g/mol. The van der Waals surface area contributed by atoms with Crippen LogP contribution < -0.4 is 10.6 Å². The normalized spacial score (nSPS) is 12.2. The van der Waals surface area contributed by atoms with Crippen molar-refractivity contribution in [3.05, 3.63) is 34.3 Å². The predicted molar refractivity (Wildman–Crippen MR) is 82.1 cm³/mol. The molecule has 0 fully saturated rings. The molecule has 4 nitrogen and oxygen atoms in total. The Morgan fingerprint density at radius 1 is 1.32 bits per heavy atom. The van der Waals surface area contributed by atoms with Gasteiger partial charge in [0.2, 0.25) is 0 Å². The summed E-state index contributed by atoms with van der Waals surface area (Å²) in [5.41, 5.74) is 2.51. The van der Waals surface area contributed by atoms with Crippen LogP contribution in [0.1, 0.15) is 25.0 Å². The second kappa shape index (κ2) is 6.52. The first-order valence-electron chi connectivity index (χ1n) is 6.53. The van der Waals surface area contributed by atoms with Crippen molar-refractivity contribution in [3.63, 3.8) is 0 Å². The molecule has 2 rings (SSSR count). The van der Waals surface area contributed by atoms with Crippen molar-refractivity contribution in [2.45, 2.75) is 32.7 Å². The molecule has 0 radical (unpaired) electrons. The van der Waals surface area contributed by atoms with Crippen molar-refractivity contribution in [1.82, 2.24) is 9.97 Å². The van der Waals surface area contributed by atoms with Gasteiger partial charge in [-0.25, -0.2) is 9.97 Å². The van der Waals surface area contributed by atoms with Crippen LogP contribution in [-0.4, -0.2) is 23.1 Å². The Morgan fingerprint density at radius 3 is 2.74 bits per heavy atom. The maximum atomic E-state index is 4.37. The number of hydrogen-bond donors (Lipinski definition) is 2. The lowest BCUT2D eigenvalue weighted by molar-refractivity contribution is 0.782. The number of nitrogens with zero attached hydrogens (tertiary/aromatic N) is 2. The summed E-state index contributed by atoms with van der Waals surface area (Å²) in [6, 6.07) is 2.52. The summed E-state index contributed by atoms with van der Waals surface area (Å²) in [6.45, 7) is 4.30. The first kappa shape index (κ1) is 13.8. The van der Waals surface area contributed by atoms with E-state index in [1.54, 1.807) is 17.7 Å². The summed E-state index contributed by atoms with van der Waals surface area (Å²) in [5.74, 6) is 1.84. The van der Waals surface area contributed by atoms with Crippen molar-refractivity contribution in [2.75, 3.05) is 17.7 Å². The van der Waals surface area contributed by atoms with E-state index in [0.29, 0.717) is 6.04 Å². The minimum absolute atomic E-state index is 0.347. The molecular formula is C14H20N4S. The number of thiophene rings is 1. The highest BCUT2D eigenvalue weighted by atomic mass is 32.1. The van der Waals surface area contributed by atoms with Crippen LogP contribution in [0.25, 0.3) is 0 Å². The zero-order chi connectivity index (χ0) is 13.7. The SMILES string of the molecule is CCc1c(NC)ncnc1NC(C)Cc1ccsc1. The Bertz CT molecular complexity index is 510. The van der Waals surface area contributed by atoms with E-state index < -0.39 is 0 Å². The molecule has 2 aromatic rings. The molecule has 2 heterocycles. The maximum Gasteiger partial charge on any atom is 0.134 e. The molecule has 19 heavy (non-hydrogen) atoms. The quantitative estimate of drug-likeness (QED) is 0.851. The molecule has 2 aromatic heterocycles. The van der Waals surface area contributed by atoms with Crippen LogP contribution in [0.5, 0.6) is 0 Å². The van der Waals surface area contributed by atoms with Gasteiger partial charge in [0, 0.05) is 18.7 Å². The average Bonchev–Trinajstić information content (AvgIpc) is 2.91. The van der Waals surface area contributed by atoms with E-state index in [1.807, 2.05) is 7.05 Å². The molecule has 0 amide bonds. The molecule has 0 saturated heterocycles. The summed E-state index contributed by atoms with van der Waals surface area (Å²) in [5, 5.41) is 10.9. The van der Waals surface area contributed by atoms with Gasteiger partial charge in [0.1, 0.15) is 18.0 Å². The fourth-order valence-electron chi connectivity index (χ4n) is 2.13. The minimum Gasteiger partial charge on any atom is -0.373 e. The Morgan fingerprint density at radius 2 is 2.11 bits per heavy atom. The van der Waals surface area contributed by atoms with Crippen LogP contribution in [0.4, 0.5) is 11.6 Å². The summed E-state index contributed by atoms with van der Waals surface area (Å²) >= 11 is 1.74. The van der Waals surface area contributed by atoms with Crippen molar-refractivity contribution < 1.29 is 0 Å². The number of rotatable bonds is 6. The highest BCUT2D eigenvalue weighted by Crippen LogP contribution is 2.21. The largest absolute Gasteiger partial charge is 0.373 e. The van der Waals surface area contributed by atoms with Crippen LogP contribution >= 0.6 is 11.3 Å². The van der Waals surface area contributed by atoms with E-state index in [4.69, 9.17) is 0 Å². The summed E-state index contributed by atoms with van der Waals surface area (Å²) in [4.78, 5) is 8.62. The third-order valence-corrected chi connectivity index (χ3v) is 3.77. The highest BCUT2D eigenvalue weighted by Gasteiger charge is 2.11. The molecular weight excluding hydrogens is 256 g/mol. The number of hydrogen-bond acceptors (Lipinski definition) is 5. The lowest BCUT2D eigenvalue weighted by Crippen LogP contribution is -2.20. The Hall–Kier alpha value is -1.62. The molecule has 0 spiro atoms. The summed E-state index contributed by atoms with van der Waals surface area (Å²) in [6.07, 6.45) is 3.51. The molecule has 1 unspecified atom stereocenters. The molecule has 0 aliphatic rings. The van der Waals surface area contributed by atoms with Gasteiger partial charge in [-0.15, -0.1) is 0 Å². The molecule has 0 aliphatic carbocycles. The van der Waals surface area contributed by atoms with E-state index in [0.717, 1.165) is 30.0 Å². The molecule has 102 valence electrons. The molecule has 1 atom stereocenters. The van der Waals surface area contributed by atoms with E-state index in [-0.39, 0.29) is 0 Å². The van der Waals surface area contributed by atoms with Gasteiger partial charge in [0.25, 0.3) is 0 Å². The predicted octanol–water partition coefficient (Wildman–Crippen LogP) is 3.19. The van der Waals surface area contributed by atoms with Crippen LogP contribution in [0, 0.1) is 0 Å². The van der Waals surface area contributed by atoms with Gasteiger partial charge in [0.15, 0.2) is 0 Å². The number of anilines is 2. The Balaban J connectivity index is 2.09. The summed E-state index contributed by atoms with van der Waals surface area (Å²) < 4.78 is 0. The van der Waals surface area contributed by atoms with E-state index in [9.17, 15) is 0 Å². The standard InChI is InChI=1S/C14H20N4S/c1-4-12-13(15-3)16-9-17-14(12)18-10(2)7-11-5-6-19-8-11/h5-6,8-10H,4,7H2,1-3H3,(H2,15,16,17,18). The number of aromatic nitrogens is 2. The maximum absolute atomic E-state index is 4.37. The fourth-order valence-corrected chi connectivity index (χ4v) is 2.82. The van der Waals surface area contributed by atoms with Gasteiger partial charge in [0.05, 0.1) is 0 Å². The van der Waals surface area contributed by atoms with Crippen LogP contribution in [0.3, 0.4) is 0 Å². The van der Waals surface area contributed by atoms with E-state index >= 15 is 0 Å². The lowest BCUT2D eigenvalue weighted by Gasteiger charge is -2.17. The lowest BCUT2D eigenvalue weighted by atomic mass is 10.1. The second-order valence-electron chi connectivity index (χ2n) is 4.53. The van der Waals surface area contributed by atoms with Gasteiger partial charge in [-0.3, -0.25) is 0 Å². The van der Waals surface area contributed by atoms with Gasteiger partial charge < -0.3 is 10.6 Å². The second-order valence-corrected chi connectivity index (χ2v) is 5.31. The molecule has 2 N–H and O–H groups in total. The Labute approximate surface area is 118 Å².